The van der Waals surface area contributed by atoms with Crippen molar-refractivity contribution in [2.24, 2.45) is 0 Å². The molecule has 3 heteroatoms. The molecule has 0 aliphatic carbocycles. The highest BCUT2D eigenvalue weighted by Gasteiger charge is 2.15. The maximum atomic E-state index is 9.20. The molecule has 1 atom stereocenters. The largest absolute Gasteiger partial charge is 0.395 e. The molecule has 0 radical (unpaired) electrons. The van der Waals surface area contributed by atoms with Crippen molar-refractivity contribution in [2.75, 3.05) is 31.1 Å². The van der Waals surface area contributed by atoms with Gasteiger partial charge in [-0.1, -0.05) is 32.0 Å². The van der Waals surface area contributed by atoms with Crippen LogP contribution in [0.2, 0.25) is 0 Å². The number of rotatable bonds is 9. The quantitative estimate of drug-likeness (QED) is 0.720. The van der Waals surface area contributed by atoms with Gasteiger partial charge in [-0.25, -0.2) is 0 Å². The van der Waals surface area contributed by atoms with Crippen LogP contribution in [-0.2, 0) is 0 Å². The standard InChI is InChI=1S/C16H28N2O/c1-4-11-17-15(5-2)14-9-7-8-10-16(14)18(6-3)12-13-19/h7-10,15,17,19H,4-6,11-13H2,1-3H3. The highest BCUT2D eigenvalue weighted by molar-refractivity contribution is 5.55. The Kier molecular flexibility index (Phi) is 7.53. The molecule has 3 nitrogen and oxygen atoms in total. The number of hydrogen-bond donors (Lipinski definition) is 2. The Balaban J connectivity index is 2.97. The minimum atomic E-state index is 0.196. The van der Waals surface area contributed by atoms with Gasteiger partial charge in [0.25, 0.3) is 0 Å². The van der Waals surface area contributed by atoms with Crippen molar-refractivity contribution in [3.63, 3.8) is 0 Å². The Morgan fingerprint density at radius 2 is 1.95 bits per heavy atom. The van der Waals surface area contributed by atoms with Crippen molar-refractivity contribution in [1.29, 1.82) is 0 Å². The molecule has 108 valence electrons. The fourth-order valence-electron chi connectivity index (χ4n) is 2.43. The van der Waals surface area contributed by atoms with Gasteiger partial charge in [0, 0.05) is 24.8 Å². The number of nitrogens with one attached hydrogen (secondary N) is 1. The van der Waals surface area contributed by atoms with E-state index in [4.69, 9.17) is 0 Å². The predicted octanol–water partition coefficient (Wildman–Crippen LogP) is 2.96. The van der Waals surface area contributed by atoms with Crippen LogP contribution in [0.1, 0.15) is 45.2 Å². The van der Waals surface area contributed by atoms with Crippen molar-refractivity contribution >= 4 is 5.69 Å². The molecule has 0 spiro atoms. The van der Waals surface area contributed by atoms with Crippen LogP contribution in [0.3, 0.4) is 0 Å². The summed E-state index contributed by atoms with van der Waals surface area (Å²) in [5.41, 5.74) is 2.59. The Hall–Kier alpha value is -1.06. The van der Waals surface area contributed by atoms with E-state index in [9.17, 15) is 5.11 Å². The number of nitrogens with zero attached hydrogens (tertiary/aromatic N) is 1. The molecule has 1 aromatic carbocycles. The number of hydrogen-bond acceptors (Lipinski definition) is 3. The van der Waals surface area contributed by atoms with Gasteiger partial charge in [-0.15, -0.1) is 0 Å². The van der Waals surface area contributed by atoms with Crippen LogP contribution in [0.5, 0.6) is 0 Å². The van der Waals surface area contributed by atoms with Crippen LogP contribution >= 0.6 is 0 Å². The zero-order chi connectivity index (χ0) is 14.1. The number of likely N-dealkylation sites (N-methyl/N-ethyl adjacent to an activating group) is 1. The molecular weight excluding hydrogens is 236 g/mol. The second-order valence-electron chi connectivity index (χ2n) is 4.78. The number of anilines is 1. The third kappa shape index (κ3) is 4.51. The molecule has 0 aliphatic heterocycles. The van der Waals surface area contributed by atoms with E-state index in [2.05, 4.69) is 55.3 Å². The highest BCUT2D eigenvalue weighted by Crippen LogP contribution is 2.28. The van der Waals surface area contributed by atoms with Crippen molar-refractivity contribution in [1.82, 2.24) is 5.32 Å². The lowest BCUT2D eigenvalue weighted by Gasteiger charge is -2.28. The van der Waals surface area contributed by atoms with Crippen LogP contribution in [0.4, 0.5) is 5.69 Å². The van der Waals surface area contributed by atoms with Gasteiger partial charge in [0.15, 0.2) is 0 Å². The summed E-state index contributed by atoms with van der Waals surface area (Å²) in [6.45, 7) is 9.38. The molecule has 0 saturated heterocycles. The van der Waals surface area contributed by atoms with E-state index in [1.54, 1.807) is 0 Å². The van der Waals surface area contributed by atoms with Gasteiger partial charge in [-0.2, -0.15) is 0 Å². The average molecular weight is 264 g/mol. The fraction of sp³-hybridized carbons (Fsp3) is 0.625. The zero-order valence-electron chi connectivity index (χ0n) is 12.5. The first-order valence-corrected chi connectivity index (χ1v) is 7.46. The Morgan fingerprint density at radius 3 is 2.53 bits per heavy atom. The van der Waals surface area contributed by atoms with Gasteiger partial charge in [0.2, 0.25) is 0 Å². The van der Waals surface area contributed by atoms with Crippen LogP contribution in [0, 0.1) is 0 Å². The van der Waals surface area contributed by atoms with Crippen LogP contribution in [-0.4, -0.2) is 31.3 Å². The highest BCUT2D eigenvalue weighted by atomic mass is 16.3. The molecule has 0 fully saturated rings. The van der Waals surface area contributed by atoms with Crippen molar-refractivity contribution in [3.05, 3.63) is 29.8 Å². The van der Waals surface area contributed by atoms with E-state index in [1.165, 1.54) is 11.3 Å². The van der Waals surface area contributed by atoms with E-state index in [0.29, 0.717) is 12.6 Å². The molecular formula is C16H28N2O. The lowest BCUT2D eigenvalue weighted by atomic mass is 10.0. The Labute approximate surface area is 117 Å². The number of para-hydroxylation sites is 1. The van der Waals surface area contributed by atoms with Crippen LogP contribution < -0.4 is 10.2 Å². The molecule has 19 heavy (non-hydrogen) atoms. The predicted molar refractivity (Wildman–Crippen MR) is 82.7 cm³/mol. The van der Waals surface area contributed by atoms with Gasteiger partial charge in [-0.05, 0) is 37.9 Å². The summed E-state index contributed by atoms with van der Waals surface area (Å²) in [5, 5.41) is 12.8. The summed E-state index contributed by atoms with van der Waals surface area (Å²) < 4.78 is 0. The molecule has 1 aromatic rings. The second-order valence-corrected chi connectivity index (χ2v) is 4.78. The average Bonchev–Trinajstić information content (AvgIpc) is 2.46. The third-order valence-corrected chi connectivity index (χ3v) is 3.45. The van der Waals surface area contributed by atoms with Crippen LogP contribution in [0.25, 0.3) is 0 Å². The van der Waals surface area contributed by atoms with Crippen molar-refractivity contribution in [2.45, 2.75) is 39.7 Å². The smallest absolute Gasteiger partial charge is 0.0606 e. The van der Waals surface area contributed by atoms with Gasteiger partial charge in [0.1, 0.15) is 0 Å². The van der Waals surface area contributed by atoms with Gasteiger partial charge in [-0.3, -0.25) is 0 Å². The SMILES string of the molecule is CCCNC(CC)c1ccccc1N(CC)CCO. The number of aliphatic hydroxyl groups excluding tert-OH is 1. The maximum absolute atomic E-state index is 9.20. The molecule has 2 N–H and O–H groups in total. The number of aliphatic hydroxyl groups is 1. The molecule has 0 amide bonds. The summed E-state index contributed by atoms with van der Waals surface area (Å²) in [6, 6.07) is 8.92. The minimum Gasteiger partial charge on any atom is -0.395 e. The van der Waals surface area contributed by atoms with E-state index in [-0.39, 0.29) is 6.61 Å². The fourth-order valence-corrected chi connectivity index (χ4v) is 2.43. The van der Waals surface area contributed by atoms with Crippen molar-refractivity contribution < 1.29 is 5.11 Å². The van der Waals surface area contributed by atoms with Gasteiger partial charge in [0.05, 0.1) is 6.61 Å². The second kappa shape index (κ2) is 8.94. The molecule has 0 bridgehead atoms. The van der Waals surface area contributed by atoms with Gasteiger partial charge < -0.3 is 15.3 Å². The Bertz CT molecular complexity index is 354. The topological polar surface area (TPSA) is 35.5 Å². The summed E-state index contributed by atoms with van der Waals surface area (Å²) in [5.74, 6) is 0. The first-order chi connectivity index (χ1) is 9.28. The van der Waals surface area contributed by atoms with E-state index in [1.807, 2.05) is 0 Å². The lowest BCUT2D eigenvalue weighted by Crippen LogP contribution is -2.29. The van der Waals surface area contributed by atoms with Gasteiger partial charge >= 0.3 is 0 Å². The normalized spacial score (nSPS) is 12.4. The molecule has 1 unspecified atom stereocenters. The van der Waals surface area contributed by atoms with E-state index < -0.39 is 0 Å². The molecule has 0 heterocycles. The first-order valence-electron chi connectivity index (χ1n) is 7.46. The molecule has 1 rings (SSSR count). The van der Waals surface area contributed by atoms with Crippen molar-refractivity contribution in [3.8, 4) is 0 Å². The summed E-state index contributed by atoms with van der Waals surface area (Å²) in [7, 11) is 0. The Morgan fingerprint density at radius 1 is 1.21 bits per heavy atom. The van der Waals surface area contributed by atoms with E-state index >= 15 is 0 Å². The summed E-state index contributed by atoms with van der Waals surface area (Å²) in [6.07, 6.45) is 2.22. The summed E-state index contributed by atoms with van der Waals surface area (Å²) in [4.78, 5) is 2.24. The lowest BCUT2D eigenvalue weighted by molar-refractivity contribution is 0.302. The zero-order valence-corrected chi connectivity index (χ0v) is 12.5. The number of benzene rings is 1. The first kappa shape index (κ1) is 16.0. The summed E-state index contributed by atoms with van der Waals surface area (Å²) >= 11 is 0. The molecule has 0 aromatic heterocycles. The minimum absolute atomic E-state index is 0.196. The monoisotopic (exact) mass is 264 g/mol. The van der Waals surface area contributed by atoms with Crippen LogP contribution in [0.15, 0.2) is 24.3 Å². The van der Waals surface area contributed by atoms with E-state index in [0.717, 1.165) is 25.9 Å². The maximum Gasteiger partial charge on any atom is 0.0606 e. The molecule has 0 aliphatic rings. The molecule has 0 saturated carbocycles. The third-order valence-electron chi connectivity index (χ3n) is 3.45.